The van der Waals surface area contributed by atoms with Gasteiger partial charge in [-0.15, -0.1) is 0 Å². The Morgan fingerprint density at radius 2 is 2.23 bits per heavy atom. The maximum absolute atomic E-state index is 10.5. The number of hydrogen-bond acceptors (Lipinski definition) is 4. The molecular weight excluding hydrogens is 184 g/mol. The van der Waals surface area contributed by atoms with E-state index in [1.807, 2.05) is 6.20 Å². The van der Waals surface area contributed by atoms with Gasteiger partial charge in [-0.05, 0) is 12.8 Å². The number of rotatable bonds is 2. The topological polar surface area (TPSA) is 32.3 Å². The molecule has 2 aliphatic rings. The molecule has 0 amide bonds. The molecule has 0 bridgehead atoms. The van der Waals surface area contributed by atoms with Crippen LogP contribution in [0.4, 0.5) is 0 Å². The molecule has 72 valence electrons. The summed E-state index contributed by atoms with van der Waals surface area (Å²) in [7, 11) is 0. The fourth-order valence-corrected chi connectivity index (χ4v) is 2.69. The molecule has 0 aromatic heterocycles. The molecule has 1 fully saturated rings. The van der Waals surface area contributed by atoms with Crippen LogP contribution in [0.25, 0.3) is 0 Å². The Hall–Kier alpha value is -0.480. The van der Waals surface area contributed by atoms with Crippen LogP contribution in [0.5, 0.6) is 0 Å². The lowest BCUT2D eigenvalue weighted by Crippen LogP contribution is -2.42. The second-order valence-electron chi connectivity index (χ2n) is 3.40. The van der Waals surface area contributed by atoms with Crippen LogP contribution in [-0.2, 0) is 4.79 Å². The van der Waals surface area contributed by atoms with Gasteiger partial charge in [0.05, 0.1) is 4.91 Å². The minimum atomic E-state index is 0.306. The van der Waals surface area contributed by atoms with Crippen molar-refractivity contribution in [2.24, 2.45) is 0 Å². The van der Waals surface area contributed by atoms with Crippen molar-refractivity contribution in [3.05, 3.63) is 11.1 Å². The van der Waals surface area contributed by atoms with E-state index in [1.54, 1.807) is 11.8 Å². The number of aldehydes is 1. The second-order valence-corrected chi connectivity index (χ2v) is 4.55. The smallest absolute Gasteiger partial charge is 0.157 e. The van der Waals surface area contributed by atoms with E-state index in [4.69, 9.17) is 0 Å². The van der Waals surface area contributed by atoms with Crippen LogP contribution in [0.2, 0.25) is 0 Å². The van der Waals surface area contributed by atoms with Crippen molar-refractivity contribution < 1.29 is 4.79 Å². The highest BCUT2D eigenvalue weighted by molar-refractivity contribution is 8.04. The van der Waals surface area contributed by atoms with Gasteiger partial charge in [-0.1, -0.05) is 18.2 Å². The molecule has 3 nitrogen and oxygen atoms in total. The van der Waals surface area contributed by atoms with Gasteiger partial charge >= 0.3 is 0 Å². The molecular formula is C9H14N2OS. The summed E-state index contributed by atoms with van der Waals surface area (Å²) in [6.45, 7) is 2.31. The van der Waals surface area contributed by atoms with Crippen LogP contribution in [0.1, 0.15) is 19.3 Å². The number of thioether (sulfide) groups is 1. The first-order chi connectivity index (χ1) is 6.40. The van der Waals surface area contributed by atoms with Gasteiger partial charge in [0.1, 0.15) is 5.50 Å². The maximum atomic E-state index is 10.5. The lowest BCUT2D eigenvalue weighted by molar-refractivity contribution is -0.104. The highest BCUT2D eigenvalue weighted by Crippen LogP contribution is 2.27. The van der Waals surface area contributed by atoms with Crippen LogP contribution in [0.15, 0.2) is 11.1 Å². The zero-order chi connectivity index (χ0) is 9.10. The summed E-state index contributed by atoms with van der Waals surface area (Å²) in [5.41, 5.74) is 0.306. The van der Waals surface area contributed by atoms with Crippen LogP contribution in [0, 0.1) is 0 Å². The summed E-state index contributed by atoms with van der Waals surface area (Å²) in [5, 5.41) is 3.22. The summed E-state index contributed by atoms with van der Waals surface area (Å²) in [6, 6.07) is 0. The Morgan fingerprint density at radius 1 is 1.46 bits per heavy atom. The molecule has 0 aromatic rings. The average molecular weight is 198 g/mol. The fourth-order valence-electron chi connectivity index (χ4n) is 1.74. The number of carbonyl (C=O) groups excluding carboxylic acids is 1. The Labute approximate surface area is 82.6 Å². The molecule has 1 atom stereocenters. The van der Waals surface area contributed by atoms with E-state index >= 15 is 0 Å². The third-order valence-corrected chi connectivity index (χ3v) is 3.60. The zero-order valence-corrected chi connectivity index (χ0v) is 8.35. The number of carbonyl (C=O) groups is 1. The van der Waals surface area contributed by atoms with E-state index in [9.17, 15) is 4.79 Å². The summed E-state index contributed by atoms with van der Waals surface area (Å²) in [5.74, 6) is 0. The molecule has 1 N–H and O–H groups in total. The van der Waals surface area contributed by atoms with E-state index in [-0.39, 0.29) is 0 Å². The quantitative estimate of drug-likeness (QED) is 0.674. The van der Waals surface area contributed by atoms with Crippen molar-refractivity contribution in [3.8, 4) is 0 Å². The van der Waals surface area contributed by atoms with Gasteiger partial charge in [0, 0.05) is 19.3 Å². The molecule has 0 aromatic carbocycles. The largest absolute Gasteiger partial charge is 0.366 e. The average Bonchev–Trinajstić information content (AvgIpc) is 2.67. The summed E-state index contributed by atoms with van der Waals surface area (Å²) < 4.78 is 0. The lowest BCUT2D eigenvalue weighted by Gasteiger charge is -2.31. The molecule has 0 aliphatic carbocycles. The Kier molecular flexibility index (Phi) is 2.90. The Morgan fingerprint density at radius 3 is 2.85 bits per heavy atom. The minimum absolute atomic E-state index is 0.306. The van der Waals surface area contributed by atoms with Crippen LogP contribution in [0.3, 0.4) is 0 Å². The van der Waals surface area contributed by atoms with E-state index in [0.29, 0.717) is 5.50 Å². The maximum Gasteiger partial charge on any atom is 0.157 e. The van der Waals surface area contributed by atoms with E-state index in [0.717, 1.165) is 24.3 Å². The van der Waals surface area contributed by atoms with Gasteiger partial charge < -0.3 is 5.32 Å². The van der Waals surface area contributed by atoms with E-state index < -0.39 is 0 Å². The molecule has 1 saturated heterocycles. The monoisotopic (exact) mass is 198 g/mol. The number of hydrogen-bond donors (Lipinski definition) is 1. The third-order valence-electron chi connectivity index (χ3n) is 2.45. The normalized spacial score (nSPS) is 29.5. The fraction of sp³-hybridized carbons (Fsp3) is 0.667. The molecule has 2 heterocycles. The van der Waals surface area contributed by atoms with Crippen molar-refractivity contribution in [2.75, 3.05) is 13.1 Å². The molecule has 2 aliphatic heterocycles. The SMILES string of the molecule is O=CC1=CNC(N2CCCCC2)S1. The molecule has 0 radical (unpaired) electrons. The first-order valence-corrected chi connectivity index (χ1v) is 5.60. The molecule has 0 spiro atoms. The van der Waals surface area contributed by atoms with Crippen LogP contribution in [-0.4, -0.2) is 29.8 Å². The first-order valence-electron chi connectivity index (χ1n) is 4.72. The summed E-state index contributed by atoms with van der Waals surface area (Å²) >= 11 is 1.63. The highest BCUT2D eigenvalue weighted by atomic mass is 32.2. The standard InChI is InChI=1S/C9H14N2OS/c12-7-8-6-10-9(13-8)11-4-2-1-3-5-11/h6-7,9-10H,1-5H2. The van der Waals surface area contributed by atoms with Crippen molar-refractivity contribution in [3.63, 3.8) is 0 Å². The molecule has 1 unspecified atom stereocenters. The number of nitrogens with zero attached hydrogens (tertiary/aromatic N) is 1. The number of likely N-dealkylation sites (tertiary alicyclic amines) is 1. The molecule has 0 saturated carbocycles. The van der Waals surface area contributed by atoms with Crippen molar-refractivity contribution >= 4 is 18.0 Å². The number of allylic oxidation sites excluding steroid dienone is 1. The van der Waals surface area contributed by atoms with E-state index in [2.05, 4.69) is 10.2 Å². The summed E-state index contributed by atoms with van der Waals surface area (Å²) in [6.07, 6.45) is 6.66. The number of nitrogens with one attached hydrogen (secondary N) is 1. The predicted octanol–water partition coefficient (Wildman–Crippen LogP) is 1.13. The Balaban J connectivity index is 1.86. The minimum Gasteiger partial charge on any atom is -0.366 e. The van der Waals surface area contributed by atoms with Gasteiger partial charge in [-0.2, -0.15) is 0 Å². The molecule has 13 heavy (non-hydrogen) atoms. The second kappa shape index (κ2) is 4.15. The third kappa shape index (κ3) is 2.06. The van der Waals surface area contributed by atoms with Gasteiger partial charge in [0.15, 0.2) is 6.29 Å². The van der Waals surface area contributed by atoms with Gasteiger partial charge in [-0.25, -0.2) is 0 Å². The van der Waals surface area contributed by atoms with Gasteiger partial charge in [0.25, 0.3) is 0 Å². The van der Waals surface area contributed by atoms with Crippen LogP contribution >= 0.6 is 11.8 Å². The lowest BCUT2D eigenvalue weighted by atomic mass is 10.1. The van der Waals surface area contributed by atoms with Gasteiger partial charge in [0.2, 0.25) is 0 Å². The van der Waals surface area contributed by atoms with Crippen molar-refractivity contribution in [1.82, 2.24) is 10.2 Å². The van der Waals surface area contributed by atoms with Crippen LogP contribution < -0.4 is 5.32 Å². The van der Waals surface area contributed by atoms with E-state index in [1.165, 1.54) is 19.3 Å². The number of piperidine rings is 1. The zero-order valence-electron chi connectivity index (χ0n) is 7.53. The van der Waals surface area contributed by atoms with Crippen molar-refractivity contribution in [2.45, 2.75) is 24.8 Å². The van der Waals surface area contributed by atoms with Crippen molar-refractivity contribution in [1.29, 1.82) is 0 Å². The first kappa shape index (κ1) is 9.09. The molecule has 4 heteroatoms. The highest BCUT2D eigenvalue weighted by Gasteiger charge is 2.24. The summed E-state index contributed by atoms with van der Waals surface area (Å²) in [4.78, 5) is 13.7. The van der Waals surface area contributed by atoms with Gasteiger partial charge in [-0.3, -0.25) is 9.69 Å². The molecule has 2 rings (SSSR count). The Bertz CT molecular complexity index is 224. The predicted molar refractivity (Wildman–Crippen MR) is 54.1 cm³/mol.